The van der Waals surface area contributed by atoms with Crippen LogP contribution < -0.4 is 5.32 Å². The molecule has 0 aromatic heterocycles. The normalized spacial score (nSPS) is 15.3. The van der Waals surface area contributed by atoms with Gasteiger partial charge in [0.1, 0.15) is 11.4 Å². The first-order valence-corrected chi connectivity index (χ1v) is 22.5. The zero-order valence-electron chi connectivity index (χ0n) is 34.7. The highest BCUT2D eigenvalue weighted by Gasteiger charge is 2.43. The first-order chi connectivity index (χ1) is 24.7. The van der Waals surface area contributed by atoms with Crippen LogP contribution in [0.4, 0.5) is 9.18 Å². The number of nitrogens with zero attached hydrogens (tertiary/aromatic N) is 1. The van der Waals surface area contributed by atoms with Gasteiger partial charge < -0.3 is 19.0 Å². The second-order valence-corrected chi connectivity index (χ2v) is 23.0. The molecular weight excluding hydrogens is 740 g/mol. The summed E-state index contributed by atoms with van der Waals surface area (Å²) in [6.07, 6.45) is 6.52. The van der Waals surface area contributed by atoms with E-state index in [1.165, 1.54) is 15.9 Å². The summed E-state index contributed by atoms with van der Waals surface area (Å²) in [6, 6.07) is 25.6. The highest BCUT2D eigenvalue weighted by molar-refractivity contribution is 8.36. The predicted octanol–water partition coefficient (Wildman–Crippen LogP) is 10.5. The maximum Gasteiger partial charge on any atom is 0.410 e. The lowest BCUT2D eigenvalue weighted by molar-refractivity contribution is -0.111. The largest absolute Gasteiger partial charge is 0.444 e. The molecular formula is C43H67FN2O5S3. The third kappa shape index (κ3) is 14.2. The fraction of sp³-hybridized carbons (Fsp3) is 0.488. The first-order valence-electron chi connectivity index (χ1n) is 18.1. The predicted molar refractivity (Wildman–Crippen MR) is 235 cm³/mol. The summed E-state index contributed by atoms with van der Waals surface area (Å²) in [5, 5.41) is 5.75. The fourth-order valence-electron chi connectivity index (χ4n) is 5.45. The number of rotatable bonds is 8. The van der Waals surface area contributed by atoms with Crippen molar-refractivity contribution < 1.29 is 29.1 Å². The molecule has 3 aromatic rings. The van der Waals surface area contributed by atoms with E-state index in [-0.39, 0.29) is 37.6 Å². The van der Waals surface area contributed by atoms with Gasteiger partial charge in [-0.1, -0.05) is 72.5 Å². The molecule has 0 bridgehead atoms. The van der Waals surface area contributed by atoms with Crippen molar-refractivity contribution in [2.24, 2.45) is 0 Å². The number of morpholine rings is 1. The van der Waals surface area contributed by atoms with Crippen LogP contribution in [0.25, 0.3) is 0 Å². The zero-order chi connectivity index (χ0) is 40.1. The minimum absolute atomic E-state index is 0. The number of hydrogen-bond donors (Lipinski definition) is 1. The number of benzene rings is 3. The summed E-state index contributed by atoms with van der Waals surface area (Å²) in [7, 11) is -2.81. The lowest BCUT2D eigenvalue weighted by Gasteiger charge is -2.51. The van der Waals surface area contributed by atoms with E-state index in [9.17, 15) is 14.0 Å². The average Bonchev–Trinajstić information content (AvgIpc) is 3.08. The van der Waals surface area contributed by atoms with Crippen LogP contribution in [0.2, 0.25) is 0 Å². The number of carbonyl (C=O) groups is 2. The van der Waals surface area contributed by atoms with Crippen LogP contribution in [0.3, 0.4) is 0 Å². The van der Waals surface area contributed by atoms with Crippen molar-refractivity contribution in [2.75, 3.05) is 45.1 Å². The van der Waals surface area contributed by atoms with Gasteiger partial charge in [0.25, 0.3) is 0 Å². The minimum Gasteiger partial charge on any atom is -0.444 e. The molecule has 1 atom stereocenters. The summed E-state index contributed by atoms with van der Waals surface area (Å²) in [5.74, 6) is 2.64. The summed E-state index contributed by atoms with van der Waals surface area (Å²) in [5.41, 5.74) is -0.165. The SMILES string of the molecule is CC.CC(C)(C)OC(=O)N1CCOCC1COS(c1ccccc1)(c1ccccc1)C(C)(C)C.CC(C)(NC=O)c1ccc(C#CS(C)(C)C)cc1F.S.[HH]. The molecule has 1 fully saturated rings. The smallest absolute Gasteiger partial charge is 0.410 e. The Labute approximate surface area is 337 Å². The molecule has 3 aromatic carbocycles. The lowest BCUT2D eigenvalue weighted by atomic mass is 9.93. The monoisotopic (exact) mass is 806 g/mol. The topological polar surface area (TPSA) is 77.1 Å². The summed E-state index contributed by atoms with van der Waals surface area (Å²) >= 11 is 0. The highest BCUT2D eigenvalue weighted by Crippen LogP contribution is 2.71. The molecule has 2 amide bonds. The van der Waals surface area contributed by atoms with E-state index in [0.717, 1.165) is 0 Å². The van der Waals surface area contributed by atoms with Crippen molar-refractivity contribution in [3.05, 3.63) is 95.8 Å². The van der Waals surface area contributed by atoms with Gasteiger partial charge in [0.2, 0.25) is 6.41 Å². The van der Waals surface area contributed by atoms with Crippen molar-refractivity contribution in [3.8, 4) is 11.2 Å². The molecule has 4 rings (SSSR count). The van der Waals surface area contributed by atoms with E-state index in [4.69, 9.17) is 13.7 Å². The van der Waals surface area contributed by atoms with Crippen LogP contribution in [-0.4, -0.2) is 78.9 Å². The number of ether oxygens (including phenoxy) is 2. The highest BCUT2D eigenvalue weighted by atomic mass is 32.3. The van der Waals surface area contributed by atoms with Crippen molar-refractivity contribution in [1.29, 1.82) is 0 Å². The standard InChI is InChI=1S/C26H37NO4S.C15H20FNOS.C2H6.H2S.H2/c1-25(2,3)31-24(28)27-17-18-29-19-21(27)20-30-32(26(4,5)6,22-13-9-7-10-14-22)23-15-11-8-12-16-23;1-15(2,17-11-18)13-7-6-12(10-14(13)16)8-9-19(3,4)5;1-2;;/h7-16,21H,17-20H2,1-6H3;6-7,10-11H,1-5H3,(H,17,18);1-2H3;1H2;1H. The first kappa shape index (κ1) is 48.9. The van der Waals surface area contributed by atoms with Crippen molar-refractivity contribution in [1.82, 2.24) is 10.2 Å². The van der Waals surface area contributed by atoms with Gasteiger partial charge in [0.15, 0.2) is 0 Å². The summed E-state index contributed by atoms with van der Waals surface area (Å²) < 4.78 is 32.3. The Kier molecular flexibility index (Phi) is 19.2. The van der Waals surface area contributed by atoms with Crippen molar-refractivity contribution >= 4 is 46.3 Å². The van der Waals surface area contributed by atoms with Crippen LogP contribution in [-0.2, 0) is 24.0 Å². The molecule has 1 N–H and O–H groups in total. The van der Waals surface area contributed by atoms with Gasteiger partial charge in [0.05, 0.1) is 31.4 Å². The summed E-state index contributed by atoms with van der Waals surface area (Å²) in [4.78, 5) is 27.5. The molecule has 1 saturated heterocycles. The molecule has 1 aliphatic heterocycles. The fourth-order valence-corrected chi connectivity index (χ4v) is 9.63. The number of hydrogen-bond acceptors (Lipinski definition) is 5. The van der Waals surface area contributed by atoms with Gasteiger partial charge >= 0.3 is 6.09 Å². The third-order valence-electron chi connectivity index (χ3n) is 7.87. The van der Waals surface area contributed by atoms with Gasteiger partial charge in [0, 0.05) is 33.6 Å². The Morgan fingerprint density at radius 1 is 0.944 bits per heavy atom. The van der Waals surface area contributed by atoms with Crippen LogP contribution in [0.15, 0.2) is 88.7 Å². The van der Waals surface area contributed by atoms with Gasteiger partial charge in [-0.05, 0) is 116 Å². The molecule has 0 radical (unpaired) electrons. The molecule has 11 heteroatoms. The van der Waals surface area contributed by atoms with E-state index >= 15 is 0 Å². The Bertz CT molecular complexity index is 1630. The number of nitrogens with one attached hydrogen (secondary N) is 1. The Morgan fingerprint density at radius 2 is 1.48 bits per heavy atom. The molecule has 1 heterocycles. The quantitative estimate of drug-likeness (QED) is 0.181. The Balaban J connectivity index is 0.00000109. The van der Waals surface area contributed by atoms with Crippen molar-refractivity contribution in [3.63, 3.8) is 0 Å². The maximum atomic E-state index is 14.1. The molecule has 7 nitrogen and oxygen atoms in total. The second-order valence-electron chi connectivity index (χ2n) is 15.6. The number of halogens is 1. The molecule has 0 spiro atoms. The lowest BCUT2D eigenvalue weighted by Crippen LogP contribution is -2.52. The molecule has 304 valence electrons. The number of carbonyl (C=O) groups excluding carboxylic acids is 2. The minimum atomic E-state index is -1.89. The van der Waals surface area contributed by atoms with E-state index < -0.39 is 31.5 Å². The van der Waals surface area contributed by atoms with Gasteiger partial charge in [-0.3, -0.25) is 9.69 Å². The van der Waals surface area contributed by atoms with E-state index in [0.29, 0.717) is 43.9 Å². The Morgan fingerprint density at radius 3 is 1.93 bits per heavy atom. The van der Waals surface area contributed by atoms with Crippen LogP contribution in [0.1, 0.15) is 81.8 Å². The van der Waals surface area contributed by atoms with Gasteiger partial charge in [-0.15, -0.1) is 0 Å². The van der Waals surface area contributed by atoms with E-state index in [1.54, 1.807) is 30.9 Å². The average molecular weight is 807 g/mol. The third-order valence-corrected chi connectivity index (χ3v) is 12.7. The molecule has 1 unspecified atom stereocenters. The number of amides is 2. The molecule has 0 saturated carbocycles. The Hall–Kier alpha value is -3.14. The second kappa shape index (κ2) is 21.2. The molecule has 0 aliphatic carbocycles. The molecule has 54 heavy (non-hydrogen) atoms. The zero-order valence-corrected chi connectivity index (χ0v) is 37.3. The van der Waals surface area contributed by atoms with Gasteiger partial charge in [-0.25, -0.2) is 9.18 Å². The van der Waals surface area contributed by atoms with Crippen molar-refractivity contribution in [2.45, 2.75) is 101 Å². The van der Waals surface area contributed by atoms with Crippen LogP contribution in [0, 0.1) is 17.0 Å². The van der Waals surface area contributed by atoms with E-state index in [1.807, 2.05) is 46.8 Å². The maximum absolute atomic E-state index is 14.1. The van der Waals surface area contributed by atoms with Crippen LogP contribution in [0.5, 0.6) is 0 Å². The van der Waals surface area contributed by atoms with Crippen LogP contribution >= 0.6 is 33.8 Å². The van der Waals surface area contributed by atoms with E-state index in [2.05, 4.69) is 105 Å². The molecule has 1 aliphatic rings. The van der Waals surface area contributed by atoms with Gasteiger partial charge in [-0.2, -0.15) is 23.5 Å². The summed E-state index contributed by atoms with van der Waals surface area (Å²) in [6.45, 7) is 21.7.